The zero-order chi connectivity index (χ0) is 14.6. The molecule has 0 saturated heterocycles. The van der Waals surface area contributed by atoms with Crippen LogP contribution in [0.1, 0.15) is 33.6 Å². The Bertz CT molecular complexity index is 238. The summed E-state index contributed by atoms with van der Waals surface area (Å²) in [6.45, 7) is 6.46. The average molecular weight is 495 g/mol. The van der Waals surface area contributed by atoms with Gasteiger partial charge in [-0.3, -0.25) is 9.11 Å². The molecule has 0 heterocycles. The van der Waals surface area contributed by atoms with Crippen molar-refractivity contribution in [3.8, 4) is 0 Å². The molecule has 0 bridgehead atoms. The van der Waals surface area contributed by atoms with Gasteiger partial charge in [0.05, 0.1) is 0 Å². The van der Waals surface area contributed by atoms with Gasteiger partial charge < -0.3 is 5.73 Å². The summed E-state index contributed by atoms with van der Waals surface area (Å²) in [6, 6.07) is 0.380. The number of halogens is 2. The van der Waals surface area contributed by atoms with E-state index < -0.39 is 25.9 Å². The third kappa shape index (κ3) is 47.1. The van der Waals surface area contributed by atoms with Crippen LogP contribution in [-0.4, -0.2) is 23.6 Å². The summed E-state index contributed by atoms with van der Waals surface area (Å²) in [4.78, 5) is 0. The average Bonchev–Trinajstić information content (AvgIpc) is 2.00. The fraction of sp³-hybridized carbons (Fsp3) is 1.00. The molecule has 10 heteroatoms. The molecule has 0 aliphatic carbocycles. The molecule has 1 unspecified atom stereocenters. The second-order valence-electron chi connectivity index (χ2n) is 3.07. The summed E-state index contributed by atoms with van der Waals surface area (Å²) in [6.07, 6.45) is 2.43. The van der Waals surface area contributed by atoms with Gasteiger partial charge in [-0.2, -0.15) is 8.42 Å². The Kier molecular flexibility index (Phi) is 18.4. The molecule has 17 heavy (non-hydrogen) atoms. The molecule has 6 N–H and O–H groups in total. The molecule has 0 fully saturated rings. The first-order valence-corrected chi connectivity index (χ1v) is 12.9. The molecule has 0 aromatic rings. The zero-order valence-corrected chi connectivity index (χ0v) is 14.5. The Morgan fingerprint density at radius 1 is 1.24 bits per heavy atom. The summed E-state index contributed by atoms with van der Waals surface area (Å²) < 4.78 is 36.4. The number of hydrogen-bond acceptors (Lipinski definition) is 4. The SMILES string of the molecule is CCC(CC)C(C)N.O=S(=O)(O)O.[NH2][Pt]([Cl])[Cl]. The predicted octanol–water partition coefficient (Wildman–Crippen LogP) is 1.90. The van der Waals surface area contributed by atoms with Crippen molar-refractivity contribution in [2.45, 2.75) is 39.7 Å². The summed E-state index contributed by atoms with van der Waals surface area (Å²) in [5.41, 5.74) is 5.66. The molecule has 0 aliphatic rings. The molecule has 0 saturated carbocycles. The maximum absolute atomic E-state index is 8.74. The molecule has 0 aliphatic heterocycles. The molecule has 0 amide bonds. The number of rotatable bonds is 3. The molecule has 0 rings (SSSR count). The van der Waals surface area contributed by atoms with Crippen LogP contribution in [0.4, 0.5) is 0 Å². The van der Waals surface area contributed by atoms with Crippen LogP contribution in [0.3, 0.4) is 0 Å². The third-order valence-electron chi connectivity index (χ3n) is 1.79. The predicted molar refractivity (Wildman–Crippen MR) is 67.8 cm³/mol. The van der Waals surface area contributed by atoms with Crippen molar-refractivity contribution < 1.29 is 33.0 Å². The van der Waals surface area contributed by atoms with E-state index in [4.69, 9.17) is 46.4 Å². The van der Waals surface area contributed by atoms with Crippen LogP contribution in [0.2, 0.25) is 0 Å². The Morgan fingerprint density at radius 3 is 1.41 bits per heavy atom. The summed E-state index contributed by atoms with van der Waals surface area (Å²) in [7, 11) is 5.28. The number of hydrogen-bond donors (Lipinski definition) is 4. The van der Waals surface area contributed by atoms with Crippen molar-refractivity contribution in [1.29, 1.82) is 0 Å². The quantitative estimate of drug-likeness (QED) is 0.444. The van der Waals surface area contributed by atoms with Crippen LogP contribution >= 0.6 is 18.8 Å². The van der Waals surface area contributed by atoms with E-state index in [1.165, 1.54) is 12.8 Å². The van der Waals surface area contributed by atoms with Gasteiger partial charge in [0.25, 0.3) is 0 Å². The van der Waals surface area contributed by atoms with Gasteiger partial charge in [-0.25, -0.2) is 0 Å². The van der Waals surface area contributed by atoms with Crippen molar-refractivity contribution >= 4 is 29.2 Å². The van der Waals surface area contributed by atoms with Crippen molar-refractivity contribution in [1.82, 2.24) is 0 Å². The van der Waals surface area contributed by atoms with E-state index in [9.17, 15) is 0 Å². The first-order valence-electron chi connectivity index (χ1n) is 4.59. The molecule has 6 nitrogen and oxygen atoms in total. The third-order valence-corrected chi connectivity index (χ3v) is 1.79. The summed E-state index contributed by atoms with van der Waals surface area (Å²) in [5, 5.41) is 0. The Hall–Kier alpha value is 1.06. The monoisotopic (exact) mass is 494 g/mol. The fourth-order valence-electron chi connectivity index (χ4n) is 1.03. The van der Waals surface area contributed by atoms with Gasteiger partial charge in [0.15, 0.2) is 0 Å². The summed E-state index contributed by atoms with van der Waals surface area (Å²) in [5.74, 6) is 0.731. The van der Waals surface area contributed by atoms with Crippen molar-refractivity contribution in [3.63, 3.8) is 0 Å². The minimum absolute atomic E-state index is 0.380. The Morgan fingerprint density at radius 2 is 1.41 bits per heavy atom. The molecule has 0 aromatic carbocycles. The molecular formula is C7H21Cl2N2O4PtS. The first kappa shape index (κ1) is 23.2. The molecule has 0 aromatic heterocycles. The van der Waals surface area contributed by atoms with Crippen molar-refractivity contribution in [2.75, 3.05) is 0 Å². The molecule has 0 radical (unpaired) electrons. The van der Waals surface area contributed by atoms with E-state index in [2.05, 4.69) is 20.8 Å². The van der Waals surface area contributed by atoms with Gasteiger partial charge >= 0.3 is 49.0 Å². The van der Waals surface area contributed by atoms with E-state index in [0.29, 0.717) is 6.04 Å². The van der Waals surface area contributed by atoms with Gasteiger partial charge in [0.1, 0.15) is 0 Å². The van der Waals surface area contributed by atoms with Crippen molar-refractivity contribution in [3.05, 3.63) is 0 Å². The molecule has 1 atom stereocenters. The van der Waals surface area contributed by atoms with Crippen LogP contribution in [0.5, 0.6) is 0 Å². The number of nitrogens with two attached hydrogens (primary N) is 2. The fourth-order valence-corrected chi connectivity index (χ4v) is 1.03. The topological polar surface area (TPSA) is 127 Å². The standard InChI is InChI=1S/C7H17N.2ClH.H2N.H2O4S.Pt/c1-4-7(5-2)6(3)8;;;;1-5(2,3)4;/h6-7H,4-5,8H2,1-3H3;2*1H;1H2;(H2,1,2,3,4);/q;;;-1;;+3/p-2. The Balaban J connectivity index is -0.000000188. The molecule has 113 valence electrons. The Labute approximate surface area is 117 Å². The minimum atomic E-state index is -4.67. The van der Waals surface area contributed by atoms with Gasteiger partial charge in [-0.15, -0.1) is 0 Å². The van der Waals surface area contributed by atoms with E-state index in [0.717, 1.165) is 5.92 Å². The van der Waals surface area contributed by atoms with Crippen LogP contribution in [0.15, 0.2) is 0 Å². The van der Waals surface area contributed by atoms with Crippen LogP contribution in [-0.2, 0) is 25.9 Å². The van der Waals surface area contributed by atoms with Crippen LogP contribution in [0, 0.1) is 5.92 Å². The van der Waals surface area contributed by atoms with E-state index in [1.807, 2.05) is 0 Å². The normalized spacial score (nSPS) is 12.9. The van der Waals surface area contributed by atoms with Crippen molar-refractivity contribution in [2.24, 2.45) is 15.9 Å². The summed E-state index contributed by atoms with van der Waals surface area (Å²) >= 11 is -1.82. The van der Waals surface area contributed by atoms with E-state index in [-0.39, 0.29) is 0 Å². The second-order valence-corrected chi connectivity index (χ2v) is 10.5. The van der Waals surface area contributed by atoms with Gasteiger partial charge in [-0.1, -0.05) is 26.7 Å². The maximum atomic E-state index is 8.74. The van der Waals surface area contributed by atoms with E-state index >= 15 is 0 Å². The van der Waals surface area contributed by atoms with Crippen LogP contribution in [0.25, 0.3) is 0 Å². The molecular weight excluding hydrogens is 474 g/mol. The van der Waals surface area contributed by atoms with Gasteiger partial charge in [0.2, 0.25) is 0 Å². The van der Waals surface area contributed by atoms with Gasteiger partial charge in [0, 0.05) is 6.04 Å². The second kappa shape index (κ2) is 13.5. The molecule has 0 spiro atoms. The first-order chi connectivity index (χ1) is 7.45. The van der Waals surface area contributed by atoms with Gasteiger partial charge in [-0.05, 0) is 12.8 Å². The zero-order valence-electron chi connectivity index (χ0n) is 9.91. The van der Waals surface area contributed by atoms with E-state index in [1.54, 1.807) is 0 Å². The van der Waals surface area contributed by atoms with Crippen LogP contribution < -0.4 is 10.0 Å².